The molecule has 0 atom stereocenters. The Morgan fingerprint density at radius 1 is 0.875 bits per heavy atom. The topological polar surface area (TPSA) is 46.2 Å². The van der Waals surface area contributed by atoms with Crippen LogP contribution in [0.5, 0.6) is 0 Å². The first-order valence-electron chi connectivity index (χ1n) is 7.15. The third kappa shape index (κ3) is 2.44. The van der Waals surface area contributed by atoms with Crippen molar-refractivity contribution in [3.63, 3.8) is 0 Å². The second kappa shape index (κ2) is 6.17. The number of anilines is 1. The number of nitrogens with one attached hydrogen (secondary N) is 1. The van der Waals surface area contributed by atoms with E-state index in [1.165, 1.54) is 0 Å². The Hall–Kier alpha value is -3.74. The van der Waals surface area contributed by atoms with Crippen LogP contribution in [-0.4, -0.2) is 11.6 Å². The molecule has 2 aromatic rings. The van der Waals surface area contributed by atoms with Crippen molar-refractivity contribution in [1.29, 1.82) is 0 Å². The zero-order chi connectivity index (χ0) is 17.1. The number of rotatable bonds is 1. The standard InChI is InChI=1S/C21H10NO2/c1-3-4-5-8-13-22-17-12-11-14(2)18-19(17)21(24)16-10-7-6-9-15(16)20(18)23/h6-7,9-12,22H,2H3/q-1. The zero-order valence-corrected chi connectivity index (χ0v) is 12.8. The summed E-state index contributed by atoms with van der Waals surface area (Å²) < 4.78 is 0. The quantitative estimate of drug-likeness (QED) is 0.427. The number of benzene rings is 2. The molecule has 0 heterocycles. The van der Waals surface area contributed by atoms with Crippen LogP contribution in [0.2, 0.25) is 0 Å². The molecule has 2 aromatic carbocycles. The first-order chi connectivity index (χ1) is 11.6. The average molecular weight is 308 g/mol. The molecule has 0 spiro atoms. The van der Waals surface area contributed by atoms with Crippen molar-refractivity contribution in [3.8, 4) is 29.7 Å². The number of hydrogen-bond donors (Lipinski definition) is 1. The van der Waals surface area contributed by atoms with Gasteiger partial charge in [-0.3, -0.25) is 15.5 Å². The molecular formula is C21H10NO2-. The number of carbonyl (C=O) groups is 2. The highest BCUT2D eigenvalue weighted by Gasteiger charge is 2.32. The van der Waals surface area contributed by atoms with E-state index >= 15 is 0 Å². The van der Waals surface area contributed by atoms with Crippen LogP contribution in [0, 0.1) is 43.1 Å². The molecule has 1 aliphatic rings. The first-order valence-corrected chi connectivity index (χ1v) is 7.15. The fraction of sp³-hybridized carbons (Fsp3) is 0.0476. The predicted molar refractivity (Wildman–Crippen MR) is 90.8 cm³/mol. The van der Waals surface area contributed by atoms with E-state index in [2.05, 4.69) is 29.1 Å². The number of fused-ring (bicyclic) bond motifs is 2. The summed E-state index contributed by atoms with van der Waals surface area (Å²) in [5.74, 6) is 8.72. The fourth-order valence-corrected chi connectivity index (χ4v) is 2.68. The maximum atomic E-state index is 12.9. The molecule has 112 valence electrons. The van der Waals surface area contributed by atoms with E-state index < -0.39 is 0 Å². The Bertz CT molecular complexity index is 1050. The summed E-state index contributed by atoms with van der Waals surface area (Å²) in [6.45, 7) is 1.80. The van der Waals surface area contributed by atoms with Crippen molar-refractivity contribution in [1.82, 2.24) is 0 Å². The van der Waals surface area contributed by atoms with Crippen LogP contribution in [0.4, 0.5) is 5.69 Å². The van der Waals surface area contributed by atoms with Gasteiger partial charge in [-0.25, -0.2) is 5.92 Å². The third-order valence-corrected chi connectivity index (χ3v) is 3.73. The van der Waals surface area contributed by atoms with Crippen molar-refractivity contribution in [2.24, 2.45) is 0 Å². The van der Waals surface area contributed by atoms with Crippen molar-refractivity contribution < 1.29 is 9.59 Å². The molecule has 0 radical (unpaired) electrons. The monoisotopic (exact) mass is 308 g/mol. The summed E-state index contributed by atoms with van der Waals surface area (Å²) in [4.78, 5) is 25.6. The molecule has 1 aliphatic carbocycles. The van der Waals surface area contributed by atoms with Gasteiger partial charge in [-0.05, 0) is 24.5 Å². The molecule has 0 bridgehead atoms. The molecule has 1 N–H and O–H groups in total. The Balaban J connectivity index is 2.13. The van der Waals surface area contributed by atoms with Gasteiger partial charge in [0.05, 0.1) is 11.3 Å². The molecule has 0 amide bonds. The summed E-state index contributed by atoms with van der Waals surface area (Å²) in [7, 11) is 0. The summed E-state index contributed by atoms with van der Waals surface area (Å²) in [6.07, 6.45) is 6.67. The Morgan fingerprint density at radius 2 is 1.54 bits per heavy atom. The minimum atomic E-state index is -0.202. The number of hydrogen-bond acceptors (Lipinski definition) is 3. The lowest BCUT2D eigenvalue weighted by Gasteiger charge is -2.21. The first kappa shape index (κ1) is 15.2. The lowest BCUT2D eigenvalue weighted by molar-refractivity contribution is 0.0979. The van der Waals surface area contributed by atoms with Crippen LogP contribution < -0.4 is 5.32 Å². The molecule has 3 rings (SSSR count). The molecule has 3 heteroatoms. The SMILES string of the molecule is [C-]#CC#CC#CNc1ccc(C)c2c1C(=O)c1ccccc1C2=O. The fourth-order valence-electron chi connectivity index (χ4n) is 2.68. The van der Waals surface area contributed by atoms with E-state index in [9.17, 15) is 9.59 Å². The van der Waals surface area contributed by atoms with Gasteiger partial charge in [0, 0.05) is 22.7 Å². The molecule has 0 saturated carbocycles. The van der Waals surface area contributed by atoms with Crippen molar-refractivity contribution in [2.45, 2.75) is 6.92 Å². The smallest absolute Gasteiger partial charge is 0.196 e. The van der Waals surface area contributed by atoms with Crippen LogP contribution in [0.25, 0.3) is 0 Å². The lowest BCUT2D eigenvalue weighted by atomic mass is 9.81. The van der Waals surface area contributed by atoms with Gasteiger partial charge < -0.3 is 11.7 Å². The molecular weight excluding hydrogens is 298 g/mol. The van der Waals surface area contributed by atoms with Gasteiger partial charge in [0.1, 0.15) is 0 Å². The largest absolute Gasteiger partial charge is 0.358 e. The van der Waals surface area contributed by atoms with E-state index in [4.69, 9.17) is 6.42 Å². The molecule has 0 aliphatic heterocycles. The average Bonchev–Trinajstić information content (AvgIpc) is 2.60. The number of ketones is 2. The number of aryl methyl sites for hydroxylation is 1. The normalized spacial score (nSPS) is 11.0. The van der Waals surface area contributed by atoms with Crippen LogP contribution in [-0.2, 0) is 0 Å². The molecule has 0 saturated heterocycles. The van der Waals surface area contributed by atoms with Gasteiger partial charge in [0.2, 0.25) is 0 Å². The van der Waals surface area contributed by atoms with Gasteiger partial charge in [-0.15, -0.1) is 5.92 Å². The predicted octanol–water partition coefficient (Wildman–Crippen LogP) is 2.74. The summed E-state index contributed by atoms with van der Waals surface area (Å²) in [5, 5.41) is 2.82. The minimum Gasteiger partial charge on any atom is -0.358 e. The molecule has 24 heavy (non-hydrogen) atoms. The summed E-state index contributed by atoms with van der Waals surface area (Å²) in [5.41, 5.74) is 2.78. The van der Waals surface area contributed by atoms with Crippen LogP contribution in [0.15, 0.2) is 36.4 Å². The van der Waals surface area contributed by atoms with Gasteiger partial charge in [0.15, 0.2) is 11.6 Å². The van der Waals surface area contributed by atoms with E-state index in [1.54, 1.807) is 43.3 Å². The van der Waals surface area contributed by atoms with E-state index in [1.807, 2.05) is 5.92 Å². The van der Waals surface area contributed by atoms with Crippen LogP contribution in [0.3, 0.4) is 0 Å². The third-order valence-electron chi connectivity index (χ3n) is 3.73. The maximum absolute atomic E-state index is 12.9. The van der Waals surface area contributed by atoms with Crippen molar-refractivity contribution >= 4 is 17.3 Å². The summed E-state index contributed by atoms with van der Waals surface area (Å²) >= 11 is 0. The van der Waals surface area contributed by atoms with Gasteiger partial charge >= 0.3 is 0 Å². The Morgan fingerprint density at radius 3 is 2.21 bits per heavy atom. The molecule has 0 fully saturated rings. The van der Waals surface area contributed by atoms with Crippen molar-refractivity contribution in [3.05, 3.63) is 70.6 Å². The second-order valence-electron chi connectivity index (χ2n) is 5.13. The highest BCUT2D eigenvalue weighted by Crippen LogP contribution is 2.33. The number of carbonyl (C=O) groups excluding carboxylic acids is 2. The van der Waals surface area contributed by atoms with Gasteiger partial charge in [-0.2, -0.15) is 0 Å². The Labute approximate surface area is 140 Å². The lowest BCUT2D eigenvalue weighted by Crippen LogP contribution is -2.23. The highest BCUT2D eigenvalue weighted by atomic mass is 16.1. The molecule has 0 aromatic heterocycles. The molecule has 3 nitrogen and oxygen atoms in total. The van der Waals surface area contributed by atoms with E-state index in [0.29, 0.717) is 27.9 Å². The van der Waals surface area contributed by atoms with E-state index in [0.717, 1.165) is 5.56 Å². The van der Waals surface area contributed by atoms with Gasteiger partial charge in [0.25, 0.3) is 0 Å². The molecule has 0 unspecified atom stereocenters. The zero-order valence-electron chi connectivity index (χ0n) is 12.8. The highest BCUT2D eigenvalue weighted by molar-refractivity contribution is 6.30. The maximum Gasteiger partial charge on any atom is 0.196 e. The van der Waals surface area contributed by atoms with E-state index in [-0.39, 0.29) is 11.6 Å². The van der Waals surface area contributed by atoms with Crippen molar-refractivity contribution in [2.75, 3.05) is 5.32 Å². The minimum absolute atomic E-state index is 0.160. The van der Waals surface area contributed by atoms with Crippen LogP contribution in [0.1, 0.15) is 37.4 Å². The van der Waals surface area contributed by atoms with Crippen LogP contribution >= 0.6 is 0 Å². The summed E-state index contributed by atoms with van der Waals surface area (Å²) in [6, 6.07) is 12.9. The Kier molecular flexibility index (Phi) is 3.90. The van der Waals surface area contributed by atoms with Gasteiger partial charge in [-0.1, -0.05) is 30.3 Å². The second-order valence-corrected chi connectivity index (χ2v) is 5.13.